The Morgan fingerprint density at radius 3 is 2.29 bits per heavy atom. The minimum Gasteiger partial charge on any atom is -0.480 e. The number of hydrogen-bond acceptors (Lipinski definition) is 3. The van der Waals surface area contributed by atoms with Crippen molar-refractivity contribution in [3.8, 4) is 0 Å². The largest absolute Gasteiger partial charge is 0.480 e. The topological polar surface area (TPSA) is 83.5 Å². The fourth-order valence-electron chi connectivity index (χ4n) is 1.26. The summed E-state index contributed by atoms with van der Waals surface area (Å²) in [7, 11) is 0. The molecule has 0 aliphatic rings. The van der Waals surface area contributed by atoms with Gasteiger partial charge >= 0.3 is 5.97 Å². The molecule has 0 fully saturated rings. The van der Waals surface area contributed by atoms with Gasteiger partial charge in [-0.2, -0.15) is 0 Å². The van der Waals surface area contributed by atoms with Gasteiger partial charge in [0.15, 0.2) is 5.54 Å². The Hall–Kier alpha value is -1.39. The Morgan fingerprint density at radius 1 is 1.43 bits per heavy atom. The Bertz CT molecular complexity index is 323. The van der Waals surface area contributed by atoms with Gasteiger partial charge < -0.3 is 15.9 Å². The molecule has 0 aliphatic carbocycles. The summed E-state index contributed by atoms with van der Waals surface area (Å²) in [4.78, 5) is 11.0. The zero-order chi connectivity index (χ0) is 10.8. The van der Waals surface area contributed by atoms with Crippen LogP contribution in [0.1, 0.15) is 12.5 Å². The highest BCUT2D eigenvalue weighted by Gasteiger charge is 2.40. The number of carboxylic acids is 1. The van der Waals surface area contributed by atoms with E-state index in [0.717, 1.165) is 0 Å². The molecule has 4 heteroatoms. The molecule has 0 unspecified atom stereocenters. The van der Waals surface area contributed by atoms with Crippen molar-refractivity contribution < 1.29 is 15.0 Å². The van der Waals surface area contributed by atoms with Crippen LogP contribution in [0.25, 0.3) is 0 Å². The van der Waals surface area contributed by atoms with E-state index in [4.69, 9.17) is 10.8 Å². The zero-order valence-electron chi connectivity index (χ0n) is 7.84. The van der Waals surface area contributed by atoms with Crippen LogP contribution in [0.5, 0.6) is 0 Å². The lowest BCUT2D eigenvalue weighted by atomic mass is 9.86. The van der Waals surface area contributed by atoms with E-state index in [0.29, 0.717) is 5.56 Å². The minimum absolute atomic E-state index is 0.391. The molecule has 4 N–H and O–H groups in total. The smallest absolute Gasteiger partial charge is 0.331 e. The highest BCUT2D eigenvalue weighted by molar-refractivity contribution is 5.81. The van der Waals surface area contributed by atoms with Crippen molar-refractivity contribution in [1.29, 1.82) is 0 Å². The molecule has 2 atom stereocenters. The molecule has 0 bridgehead atoms. The fraction of sp³-hybridized carbons (Fsp3) is 0.300. The Morgan fingerprint density at radius 2 is 1.93 bits per heavy atom. The van der Waals surface area contributed by atoms with Crippen LogP contribution in [0, 0.1) is 0 Å². The molecule has 14 heavy (non-hydrogen) atoms. The van der Waals surface area contributed by atoms with Crippen LogP contribution < -0.4 is 5.73 Å². The number of rotatable bonds is 3. The Kier molecular flexibility index (Phi) is 2.88. The first-order valence-electron chi connectivity index (χ1n) is 4.25. The monoisotopic (exact) mass is 195 g/mol. The van der Waals surface area contributed by atoms with Crippen molar-refractivity contribution in [2.24, 2.45) is 5.73 Å². The van der Waals surface area contributed by atoms with Crippen LogP contribution >= 0.6 is 0 Å². The van der Waals surface area contributed by atoms with Gasteiger partial charge in [-0.1, -0.05) is 30.3 Å². The number of nitrogens with two attached hydrogens (primary N) is 1. The maximum absolute atomic E-state index is 11.0. The number of aliphatic hydroxyl groups excluding tert-OH is 1. The average Bonchev–Trinajstić information content (AvgIpc) is 2.17. The summed E-state index contributed by atoms with van der Waals surface area (Å²) in [6, 6.07) is 8.29. The number of aliphatic hydroxyl groups is 1. The molecule has 4 nitrogen and oxygen atoms in total. The third-order valence-electron chi connectivity index (χ3n) is 2.26. The zero-order valence-corrected chi connectivity index (χ0v) is 7.84. The molecule has 0 spiro atoms. The minimum atomic E-state index is -1.73. The molecular weight excluding hydrogens is 182 g/mol. The van der Waals surface area contributed by atoms with Crippen molar-refractivity contribution in [3.63, 3.8) is 0 Å². The maximum Gasteiger partial charge on any atom is 0.331 e. The van der Waals surface area contributed by atoms with E-state index < -0.39 is 17.6 Å². The predicted octanol–water partition coefficient (Wildman–Crippen LogP) is 0.306. The van der Waals surface area contributed by atoms with E-state index in [9.17, 15) is 9.90 Å². The van der Waals surface area contributed by atoms with Crippen molar-refractivity contribution in [2.45, 2.75) is 18.6 Å². The van der Waals surface area contributed by atoms with Gasteiger partial charge in [0.2, 0.25) is 0 Å². The van der Waals surface area contributed by atoms with Crippen LogP contribution in [-0.2, 0) is 10.3 Å². The second-order valence-electron chi connectivity index (χ2n) is 3.22. The van der Waals surface area contributed by atoms with E-state index in [2.05, 4.69) is 0 Å². The summed E-state index contributed by atoms with van der Waals surface area (Å²) in [5.74, 6) is -1.24. The van der Waals surface area contributed by atoms with Crippen molar-refractivity contribution in [3.05, 3.63) is 35.9 Å². The van der Waals surface area contributed by atoms with Gasteiger partial charge in [-0.15, -0.1) is 0 Å². The van der Waals surface area contributed by atoms with Gasteiger partial charge in [0, 0.05) is 0 Å². The van der Waals surface area contributed by atoms with Gasteiger partial charge in [0.1, 0.15) is 0 Å². The Balaban J connectivity index is 3.20. The van der Waals surface area contributed by atoms with Gasteiger partial charge in [-0.05, 0) is 12.5 Å². The van der Waals surface area contributed by atoms with Crippen LogP contribution in [0.4, 0.5) is 0 Å². The SMILES string of the molecule is C[C@@H](O)[C@](N)(C(=O)O)c1ccccc1. The molecule has 0 saturated heterocycles. The normalized spacial score (nSPS) is 17.1. The molecule has 1 aromatic carbocycles. The molecule has 0 aliphatic heterocycles. The van der Waals surface area contributed by atoms with E-state index in [-0.39, 0.29) is 0 Å². The molecular formula is C10H13NO3. The third-order valence-corrected chi connectivity index (χ3v) is 2.26. The second-order valence-corrected chi connectivity index (χ2v) is 3.22. The standard InChI is InChI=1S/C10H13NO3/c1-7(12)10(11,9(13)14)8-5-3-2-4-6-8/h2-7,12H,11H2,1H3,(H,13,14)/t7-,10-/m1/s1. The van der Waals surface area contributed by atoms with Gasteiger partial charge in [-0.25, -0.2) is 4.79 Å². The van der Waals surface area contributed by atoms with Crippen molar-refractivity contribution in [1.82, 2.24) is 0 Å². The molecule has 1 rings (SSSR count). The summed E-state index contributed by atoms with van der Waals surface area (Å²) in [6.45, 7) is 1.36. The third kappa shape index (κ3) is 1.62. The average molecular weight is 195 g/mol. The summed E-state index contributed by atoms with van der Waals surface area (Å²) in [6.07, 6.45) is -1.15. The van der Waals surface area contributed by atoms with Crippen molar-refractivity contribution in [2.75, 3.05) is 0 Å². The summed E-state index contributed by atoms with van der Waals surface area (Å²) < 4.78 is 0. The fourth-order valence-corrected chi connectivity index (χ4v) is 1.26. The number of hydrogen-bond donors (Lipinski definition) is 3. The molecule has 0 saturated carbocycles. The van der Waals surface area contributed by atoms with E-state index >= 15 is 0 Å². The molecule has 0 amide bonds. The van der Waals surface area contributed by atoms with Gasteiger partial charge in [0.25, 0.3) is 0 Å². The lowest BCUT2D eigenvalue weighted by Crippen LogP contribution is -2.53. The number of carbonyl (C=O) groups is 1. The van der Waals surface area contributed by atoms with Crippen LogP contribution in [0.2, 0.25) is 0 Å². The number of benzene rings is 1. The first-order valence-corrected chi connectivity index (χ1v) is 4.25. The van der Waals surface area contributed by atoms with E-state index in [1.165, 1.54) is 6.92 Å². The summed E-state index contributed by atoms with van der Waals surface area (Å²) in [5.41, 5.74) is 4.31. The highest BCUT2D eigenvalue weighted by atomic mass is 16.4. The summed E-state index contributed by atoms with van der Waals surface area (Å²) in [5, 5.41) is 18.4. The molecule has 0 heterocycles. The Labute approximate surface area is 82.0 Å². The van der Waals surface area contributed by atoms with Gasteiger partial charge in [0.05, 0.1) is 6.10 Å². The molecule has 76 valence electrons. The second kappa shape index (κ2) is 3.77. The summed E-state index contributed by atoms with van der Waals surface area (Å²) >= 11 is 0. The lowest BCUT2D eigenvalue weighted by Gasteiger charge is -2.27. The quantitative estimate of drug-likeness (QED) is 0.648. The van der Waals surface area contributed by atoms with Crippen LogP contribution in [0.15, 0.2) is 30.3 Å². The van der Waals surface area contributed by atoms with E-state index in [1.807, 2.05) is 0 Å². The maximum atomic E-state index is 11.0. The first kappa shape index (κ1) is 10.7. The molecule has 1 aromatic rings. The number of carboxylic acid groups (broad SMARTS) is 1. The number of aliphatic carboxylic acids is 1. The molecule has 0 aromatic heterocycles. The molecule has 0 radical (unpaired) electrons. The van der Waals surface area contributed by atoms with E-state index in [1.54, 1.807) is 30.3 Å². The van der Waals surface area contributed by atoms with Crippen molar-refractivity contribution >= 4 is 5.97 Å². The van der Waals surface area contributed by atoms with Gasteiger partial charge in [-0.3, -0.25) is 0 Å². The van der Waals surface area contributed by atoms with Crippen LogP contribution in [0.3, 0.4) is 0 Å². The highest BCUT2D eigenvalue weighted by Crippen LogP contribution is 2.22. The first-order chi connectivity index (χ1) is 6.49. The van der Waals surface area contributed by atoms with Crippen LogP contribution in [-0.4, -0.2) is 22.3 Å². The predicted molar refractivity (Wildman–Crippen MR) is 51.6 cm³/mol. The lowest BCUT2D eigenvalue weighted by molar-refractivity contribution is -0.148.